The van der Waals surface area contributed by atoms with Gasteiger partial charge in [0.15, 0.2) is 5.82 Å². The van der Waals surface area contributed by atoms with Gasteiger partial charge in [-0.05, 0) is 31.5 Å². The minimum Gasteiger partial charge on any atom is -0.481 e. The summed E-state index contributed by atoms with van der Waals surface area (Å²) in [6.45, 7) is 4.26. The van der Waals surface area contributed by atoms with Gasteiger partial charge in [-0.15, -0.1) is 0 Å². The number of nitrogens with one attached hydrogen (secondary N) is 1. The zero-order valence-corrected chi connectivity index (χ0v) is 17.4. The standard InChI is InChI=1S/C17H21N5.2C2H4O2/c1-2-6-14(18-8-4-1)13-21-11-9-19-17(21)15-12-20-16-7-3-5-10-22(15)16;2*1-2(3)4/h3,5,7,9-12,14,18H,1-2,4,6,8,13H2;2*1H3,(H,3,4). The molecule has 30 heavy (non-hydrogen) atoms. The van der Waals surface area contributed by atoms with E-state index in [-0.39, 0.29) is 0 Å². The van der Waals surface area contributed by atoms with Gasteiger partial charge in [0, 0.05) is 45.0 Å². The molecule has 1 unspecified atom stereocenters. The molecular weight excluding hydrogens is 386 g/mol. The number of pyridine rings is 1. The Morgan fingerprint density at radius 3 is 2.57 bits per heavy atom. The normalized spacial score (nSPS) is 15.9. The second kappa shape index (κ2) is 11.7. The van der Waals surface area contributed by atoms with Crippen molar-refractivity contribution in [3.8, 4) is 11.5 Å². The topological polar surface area (TPSA) is 122 Å². The van der Waals surface area contributed by atoms with Gasteiger partial charge in [-0.3, -0.25) is 14.0 Å². The maximum absolute atomic E-state index is 9.00. The van der Waals surface area contributed by atoms with E-state index >= 15 is 0 Å². The van der Waals surface area contributed by atoms with Crippen LogP contribution in [0, 0.1) is 0 Å². The highest BCUT2D eigenvalue weighted by Crippen LogP contribution is 2.20. The first kappa shape index (κ1) is 23.1. The molecule has 1 aliphatic heterocycles. The third-order valence-electron chi connectivity index (χ3n) is 4.44. The Bertz CT molecular complexity index is 922. The van der Waals surface area contributed by atoms with Crippen molar-refractivity contribution in [2.75, 3.05) is 6.54 Å². The smallest absolute Gasteiger partial charge is 0.300 e. The molecule has 0 amide bonds. The number of rotatable bonds is 3. The Morgan fingerprint density at radius 1 is 1.10 bits per heavy atom. The van der Waals surface area contributed by atoms with Gasteiger partial charge in [0.1, 0.15) is 11.3 Å². The lowest BCUT2D eigenvalue weighted by atomic mass is 10.1. The molecular formula is C21H29N5O4. The molecule has 0 aromatic carbocycles. The van der Waals surface area contributed by atoms with E-state index in [2.05, 4.69) is 30.4 Å². The predicted octanol–water partition coefficient (Wildman–Crippen LogP) is 2.91. The molecule has 9 heteroatoms. The summed E-state index contributed by atoms with van der Waals surface area (Å²) in [5, 5.41) is 18.5. The number of aliphatic carboxylic acids is 2. The summed E-state index contributed by atoms with van der Waals surface area (Å²) in [6, 6.07) is 6.59. The maximum Gasteiger partial charge on any atom is 0.300 e. The average molecular weight is 415 g/mol. The van der Waals surface area contributed by atoms with Crippen LogP contribution in [0.2, 0.25) is 0 Å². The highest BCUT2D eigenvalue weighted by Gasteiger charge is 2.16. The summed E-state index contributed by atoms with van der Waals surface area (Å²) >= 11 is 0. The molecule has 0 spiro atoms. The predicted molar refractivity (Wildman–Crippen MR) is 113 cm³/mol. The van der Waals surface area contributed by atoms with Crippen molar-refractivity contribution < 1.29 is 19.8 Å². The van der Waals surface area contributed by atoms with Gasteiger partial charge in [-0.25, -0.2) is 9.97 Å². The van der Waals surface area contributed by atoms with Crippen molar-refractivity contribution in [1.82, 2.24) is 24.3 Å². The lowest BCUT2D eigenvalue weighted by Gasteiger charge is -2.17. The van der Waals surface area contributed by atoms with Crippen molar-refractivity contribution in [2.45, 2.75) is 52.1 Å². The van der Waals surface area contributed by atoms with Crippen LogP contribution in [0.4, 0.5) is 0 Å². The second-order valence-corrected chi connectivity index (χ2v) is 7.01. The van der Waals surface area contributed by atoms with Gasteiger partial charge in [-0.1, -0.05) is 18.9 Å². The summed E-state index contributed by atoms with van der Waals surface area (Å²) < 4.78 is 4.35. The van der Waals surface area contributed by atoms with Crippen LogP contribution in [0.15, 0.2) is 43.0 Å². The van der Waals surface area contributed by atoms with Crippen LogP contribution in [-0.2, 0) is 16.1 Å². The molecule has 0 radical (unpaired) electrons. The summed E-state index contributed by atoms with van der Waals surface area (Å²) in [5.41, 5.74) is 2.01. The largest absolute Gasteiger partial charge is 0.481 e. The molecule has 1 aliphatic rings. The zero-order valence-electron chi connectivity index (χ0n) is 17.4. The number of aromatic nitrogens is 4. The van der Waals surface area contributed by atoms with E-state index in [9.17, 15) is 0 Å². The quantitative estimate of drug-likeness (QED) is 0.601. The second-order valence-electron chi connectivity index (χ2n) is 7.01. The maximum atomic E-state index is 9.00. The number of fused-ring (bicyclic) bond motifs is 1. The van der Waals surface area contributed by atoms with Crippen molar-refractivity contribution in [1.29, 1.82) is 0 Å². The zero-order chi connectivity index (χ0) is 21.9. The SMILES string of the molecule is CC(=O)O.CC(=O)O.c1ccn2c(-c3nccn3CC3CCCCCN3)cnc2c1. The number of hydrogen-bond donors (Lipinski definition) is 3. The Hall–Kier alpha value is -3.20. The van der Waals surface area contributed by atoms with E-state index in [1.54, 1.807) is 0 Å². The first-order chi connectivity index (χ1) is 14.4. The molecule has 0 saturated carbocycles. The Kier molecular flexibility index (Phi) is 9.02. The number of carbonyl (C=O) groups is 2. The summed E-state index contributed by atoms with van der Waals surface area (Å²) in [5.74, 6) is -0.676. The summed E-state index contributed by atoms with van der Waals surface area (Å²) in [6.07, 6.45) is 13.1. The van der Waals surface area contributed by atoms with Gasteiger partial charge in [0.2, 0.25) is 0 Å². The fraction of sp³-hybridized carbons (Fsp3) is 0.429. The van der Waals surface area contributed by atoms with Crippen LogP contribution in [-0.4, -0.2) is 53.7 Å². The van der Waals surface area contributed by atoms with Gasteiger partial charge in [0.05, 0.1) is 6.20 Å². The molecule has 4 heterocycles. The number of hydrogen-bond acceptors (Lipinski definition) is 5. The summed E-state index contributed by atoms with van der Waals surface area (Å²) in [4.78, 5) is 27.0. The summed E-state index contributed by atoms with van der Waals surface area (Å²) in [7, 11) is 0. The van der Waals surface area contributed by atoms with E-state index in [0.717, 1.165) is 44.1 Å². The highest BCUT2D eigenvalue weighted by molar-refractivity contribution is 5.63. The first-order valence-electron chi connectivity index (χ1n) is 9.94. The monoisotopic (exact) mass is 415 g/mol. The molecule has 1 fully saturated rings. The molecule has 1 saturated heterocycles. The molecule has 3 aromatic rings. The number of nitrogens with zero attached hydrogens (tertiary/aromatic N) is 4. The van der Waals surface area contributed by atoms with Crippen LogP contribution < -0.4 is 5.32 Å². The number of imidazole rings is 2. The molecule has 1 atom stereocenters. The van der Waals surface area contributed by atoms with Gasteiger partial charge in [0.25, 0.3) is 11.9 Å². The van der Waals surface area contributed by atoms with E-state index in [1.165, 1.54) is 25.7 Å². The van der Waals surface area contributed by atoms with E-state index < -0.39 is 11.9 Å². The Labute approximate surface area is 175 Å². The molecule has 162 valence electrons. The van der Waals surface area contributed by atoms with Crippen molar-refractivity contribution in [2.24, 2.45) is 0 Å². The van der Waals surface area contributed by atoms with E-state index in [1.807, 2.05) is 36.8 Å². The van der Waals surface area contributed by atoms with Crippen LogP contribution in [0.3, 0.4) is 0 Å². The van der Waals surface area contributed by atoms with E-state index in [0.29, 0.717) is 6.04 Å². The van der Waals surface area contributed by atoms with Crippen LogP contribution in [0.5, 0.6) is 0 Å². The van der Waals surface area contributed by atoms with Crippen LogP contribution in [0.25, 0.3) is 17.2 Å². The van der Waals surface area contributed by atoms with Gasteiger partial charge >= 0.3 is 0 Å². The Morgan fingerprint density at radius 2 is 1.83 bits per heavy atom. The highest BCUT2D eigenvalue weighted by atomic mass is 16.4. The molecule has 4 rings (SSSR count). The minimum atomic E-state index is -0.833. The molecule has 9 nitrogen and oxygen atoms in total. The average Bonchev–Trinajstić information content (AvgIpc) is 3.21. The van der Waals surface area contributed by atoms with Crippen molar-refractivity contribution in [3.63, 3.8) is 0 Å². The van der Waals surface area contributed by atoms with Crippen molar-refractivity contribution in [3.05, 3.63) is 43.0 Å². The van der Waals surface area contributed by atoms with Crippen molar-refractivity contribution >= 4 is 17.6 Å². The van der Waals surface area contributed by atoms with Crippen LogP contribution in [0.1, 0.15) is 39.5 Å². The van der Waals surface area contributed by atoms with Crippen LogP contribution >= 0.6 is 0 Å². The minimum absolute atomic E-state index is 0.537. The lowest BCUT2D eigenvalue weighted by Crippen LogP contribution is -2.32. The Balaban J connectivity index is 0.000000347. The lowest BCUT2D eigenvalue weighted by molar-refractivity contribution is -0.135. The molecule has 0 aliphatic carbocycles. The first-order valence-corrected chi connectivity index (χ1v) is 9.94. The van der Waals surface area contributed by atoms with Gasteiger partial charge in [-0.2, -0.15) is 0 Å². The third kappa shape index (κ3) is 7.32. The molecule has 3 N–H and O–H groups in total. The number of carboxylic acids is 2. The molecule has 3 aromatic heterocycles. The van der Waals surface area contributed by atoms with E-state index in [4.69, 9.17) is 19.8 Å². The fourth-order valence-electron chi connectivity index (χ4n) is 3.28. The third-order valence-corrected chi connectivity index (χ3v) is 4.44. The number of carboxylic acid groups (broad SMARTS) is 2. The molecule has 0 bridgehead atoms. The van der Waals surface area contributed by atoms with Gasteiger partial charge < -0.3 is 20.1 Å². The fourth-order valence-corrected chi connectivity index (χ4v) is 3.28.